The highest BCUT2D eigenvalue weighted by atomic mass is 19.1. The van der Waals surface area contributed by atoms with Gasteiger partial charge in [-0.2, -0.15) is 4.98 Å². The number of halogens is 1. The van der Waals surface area contributed by atoms with Crippen LogP contribution >= 0.6 is 0 Å². The highest BCUT2D eigenvalue weighted by Crippen LogP contribution is 2.20. The summed E-state index contributed by atoms with van der Waals surface area (Å²) >= 11 is 0. The zero-order chi connectivity index (χ0) is 17.1. The van der Waals surface area contributed by atoms with Crippen LogP contribution in [0.1, 0.15) is 13.8 Å². The van der Waals surface area contributed by atoms with E-state index in [2.05, 4.69) is 4.98 Å². The lowest BCUT2D eigenvalue weighted by molar-refractivity contribution is -0.164. The van der Waals surface area contributed by atoms with E-state index in [4.69, 9.17) is 19.9 Å². The van der Waals surface area contributed by atoms with Crippen LogP contribution in [0.3, 0.4) is 0 Å². The Morgan fingerprint density at radius 3 is 2.87 bits per heavy atom. The molecule has 1 aromatic heterocycles. The van der Waals surface area contributed by atoms with E-state index < -0.39 is 54.1 Å². The number of anilines is 1. The van der Waals surface area contributed by atoms with Crippen LogP contribution in [0.15, 0.2) is 11.0 Å². The van der Waals surface area contributed by atoms with Crippen molar-refractivity contribution < 1.29 is 28.2 Å². The zero-order valence-corrected chi connectivity index (χ0v) is 12.5. The summed E-state index contributed by atoms with van der Waals surface area (Å²) in [5.41, 5.74) is 4.27. The molecule has 126 valence electrons. The number of hydrogen-bond donors (Lipinski definition) is 1. The van der Waals surface area contributed by atoms with Gasteiger partial charge in [0, 0.05) is 13.1 Å². The molecular formula is C13H16FN3O6. The van der Waals surface area contributed by atoms with Crippen LogP contribution in [0, 0.1) is 5.82 Å². The molecule has 1 aliphatic heterocycles. The second-order valence-electron chi connectivity index (χ2n) is 5.03. The molecule has 0 bridgehead atoms. The predicted molar refractivity (Wildman–Crippen MR) is 73.7 cm³/mol. The van der Waals surface area contributed by atoms with Crippen LogP contribution in [0.2, 0.25) is 0 Å². The van der Waals surface area contributed by atoms with Crippen molar-refractivity contribution in [3.8, 4) is 0 Å². The molecule has 0 saturated carbocycles. The van der Waals surface area contributed by atoms with Gasteiger partial charge < -0.3 is 19.9 Å². The second-order valence-corrected chi connectivity index (χ2v) is 5.03. The third-order valence-corrected chi connectivity index (χ3v) is 3.21. The van der Waals surface area contributed by atoms with E-state index in [1.165, 1.54) is 6.92 Å². The molecule has 1 saturated heterocycles. The van der Waals surface area contributed by atoms with E-state index in [-0.39, 0.29) is 6.61 Å². The number of esters is 2. The molecule has 2 N–H and O–H groups in total. The number of nitrogens with zero attached hydrogens (tertiary/aromatic N) is 2. The van der Waals surface area contributed by atoms with Crippen LogP contribution in [0.25, 0.3) is 0 Å². The van der Waals surface area contributed by atoms with Gasteiger partial charge in [-0.1, -0.05) is 0 Å². The van der Waals surface area contributed by atoms with E-state index in [1.54, 1.807) is 6.92 Å². The van der Waals surface area contributed by atoms with Crippen LogP contribution < -0.4 is 11.4 Å². The van der Waals surface area contributed by atoms with Gasteiger partial charge in [-0.3, -0.25) is 14.2 Å². The first kappa shape index (κ1) is 16.9. The number of nitrogen functional groups attached to an aromatic ring is 1. The van der Waals surface area contributed by atoms with E-state index in [1.807, 2.05) is 0 Å². The molecule has 0 radical (unpaired) electrons. The van der Waals surface area contributed by atoms with Gasteiger partial charge in [0.15, 0.2) is 23.8 Å². The minimum Gasteiger partial charge on any atom is -0.456 e. The Balaban J connectivity index is 2.03. The molecule has 3 atom stereocenters. The van der Waals surface area contributed by atoms with Crippen molar-refractivity contribution in [3.63, 3.8) is 0 Å². The van der Waals surface area contributed by atoms with Gasteiger partial charge in [0.05, 0.1) is 12.7 Å². The molecular weight excluding hydrogens is 313 g/mol. The smallest absolute Gasteiger partial charge is 0.350 e. The highest BCUT2D eigenvalue weighted by Gasteiger charge is 2.39. The first-order valence-corrected chi connectivity index (χ1v) is 6.78. The number of nitrogens with two attached hydrogens (primary N) is 1. The zero-order valence-electron chi connectivity index (χ0n) is 12.5. The summed E-state index contributed by atoms with van der Waals surface area (Å²) in [6.45, 7) is 2.40. The largest absolute Gasteiger partial charge is 0.456 e. The van der Waals surface area contributed by atoms with E-state index in [0.29, 0.717) is 0 Å². The predicted octanol–water partition coefficient (Wildman–Crippen LogP) is -0.773. The summed E-state index contributed by atoms with van der Waals surface area (Å²) < 4.78 is 29.5. The average Bonchev–Trinajstić information content (AvgIpc) is 2.77. The number of hydrogen-bond acceptors (Lipinski definition) is 8. The Labute approximate surface area is 130 Å². The summed E-state index contributed by atoms with van der Waals surface area (Å²) in [6.07, 6.45) is -1.21. The van der Waals surface area contributed by atoms with Crippen molar-refractivity contribution in [1.29, 1.82) is 0 Å². The molecule has 1 aromatic rings. The maximum Gasteiger partial charge on any atom is 0.350 e. The summed E-state index contributed by atoms with van der Waals surface area (Å²) in [7, 11) is 0. The van der Waals surface area contributed by atoms with Crippen molar-refractivity contribution in [2.24, 2.45) is 0 Å². The summed E-state index contributed by atoms with van der Waals surface area (Å²) in [4.78, 5) is 37.7. The monoisotopic (exact) mass is 329 g/mol. The fourth-order valence-electron chi connectivity index (χ4n) is 2.14. The van der Waals surface area contributed by atoms with E-state index in [0.717, 1.165) is 10.8 Å². The summed E-state index contributed by atoms with van der Waals surface area (Å²) in [5, 5.41) is 0. The molecule has 0 spiro atoms. The first-order chi connectivity index (χ1) is 10.8. The maximum atomic E-state index is 13.3. The summed E-state index contributed by atoms with van der Waals surface area (Å²) in [6, 6.07) is 0. The normalized spacial score (nSPS) is 23.5. The fraction of sp³-hybridized carbons (Fsp3) is 0.538. The lowest BCUT2D eigenvalue weighted by Crippen LogP contribution is -2.38. The van der Waals surface area contributed by atoms with Crippen molar-refractivity contribution in [3.05, 3.63) is 22.5 Å². The fourth-order valence-corrected chi connectivity index (χ4v) is 2.14. The van der Waals surface area contributed by atoms with Gasteiger partial charge >= 0.3 is 17.6 Å². The van der Waals surface area contributed by atoms with E-state index in [9.17, 15) is 18.8 Å². The SMILES string of the molecule is CC(=O)OC1C(C)OCC1OC(=O)Cn1cc(F)c(N)nc1=O. The molecule has 3 unspecified atom stereocenters. The Morgan fingerprint density at radius 1 is 1.52 bits per heavy atom. The molecule has 1 aliphatic rings. The minimum atomic E-state index is -0.923. The Morgan fingerprint density at radius 2 is 2.22 bits per heavy atom. The van der Waals surface area contributed by atoms with Gasteiger partial charge in [-0.25, -0.2) is 9.18 Å². The molecule has 10 heteroatoms. The van der Waals surface area contributed by atoms with Gasteiger partial charge in [0.2, 0.25) is 0 Å². The quantitative estimate of drug-likeness (QED) is 0.714. The van der Waals surface area contributed by atoms with Gasteiger partial charge in [-0.15, -0.1) is 0 Å². The minimum absolute atomic E-state index is 0.0497. The molecule has 2 rings (SSSR count). The van der Waals surface area contributed by atoms with Gasteiger partial charge in [0.25, 0.3) is 0 Å². The molecule has 9 nitrogen and oxygen atoms in total. The molecule has 0 aliphatic carbocycles. The van der Waals surface area contributed by atoms with Crippen molar-refractivity contribution >= 4 is 17.8 Å². The first-order valence-electron chi connectivity index (χ1n) is 6.78. The molecule has 0 amide bonds. The van der Waals surface area contributed by atoms with Crippen LogP contribution in [0.4, 0.5) is 10.2 Å². The standard InChI is InChI=1S/C13H16FN3O6/c1-6-11(22-7(2)18)9(5-21-6)23-10(19)4-17-3-8(14)12(15)16-13(17)20/h3,6,9,11H,4-5H2,1-2H3,(H2,15,16,20). The van der Waals surface area contributed by atoms with Crippen molar-refractivity contribution in [2.45, 2.75) is 38.7 Å². The maximum absolute atomic E-state index is 13.3. The lowest BCUT2D eigenvalue weighted by atomic mass is 10.2. The lowest BCUT2D eigenvalue weighted by Gasteiger charge is -2.20. The Kier molecular flexibility index (Phi) is 4.94. The third-order valence-electron chi connectivity index (χ3n) is 3.21. The number of carbonyl (C=O) groups is 2. The average molecular weight is 329 g/mol. The van der Waals surface area contributed by atoms with Crippen molar-refractivity contribution in [2.75, 3.05) is 12.3 Å². The van der Waals surface area contributed by atoms with E-state index >= 15 is 0 Å². The van der Waals surface area contributed by atoms with Gasteiger partial charge in [0.1, 0.15) is 6.54 Å². The van der Waals surface area contributed by atoms with Crippen molar-refractivity contribution in [1.82, 2.24) is 9.55 Å². The topological polar surface area (TPSA) is 123 Å². The highest BCUT2D eigenvalue weighted by molar-refractivity contribution is 5.70. The number of ether oxygens (including phenoxy) is 3. The van der Waals surface area contributed by atoms with Crippen LogP contribution in [0.5, 0.6) is 0 Å². The second kappa shape index (κ2) is 6.73. The number of aromatic nitrogens is 2. The third kappa shape index (κ3) is 4.03. The van der Waals surface area contributed by atoms with Gasteiger partial charge in [-0.05, 0) is 6.92 Å². The summed E-state index contributed by atoms with van der Waals surface area (Å²) in [5.74, 6) is -2.83. The number of carbonyl (C=O) groups excluding carboxylic acids is 2. The molecule has 0 aromatic carbocycles. The number of rotatable bonds is 4. The van der Waals surface area contributed by atoms with Crippen LogP contribution in [-0.2, 0) is 30.3 Å². The molecule has 2 heterocycles. The Hall–Kier alpha value is -2.49. The van der Waals surface area contributed by atoms with Crippen LogP contribution in [-0.4, -0.2) is 46.4 Å². The molecule has 1 fully saturated rings. The molecule has 23 heavy (non-hydrogen) atoms. The Bertz CT molecular complexity index is 676.